The van der Waals surface area contributed by atoms with Crippen molar-refractivity contribution in [2.45, 2.75) is 40.5 Å². The van der Waals surface area contributed by atoms with Gasteiger partial charge in [0.25, 0.3) is 0 Å². The molecule has 2 rings (SSSR count). The lowest BCUT2D eigenvalue weighted by Gasteiger charge is -2.17. The molecule has 2 unspecified atom stereocenters. The van der Waals surface area contributed by atoms with Gasteiger partial charge in [-0.05, 0) is 69.5 Å². The van der Waals surface area contributed by atoms with Crippen molar-refractivity contribution in [3.8, 4) is 0 Å². The number of allylic oxidation sites excluding steroid dienone is 4. The van der Waals surface area contributed by atoms with Crippen molar-refractivity contribution < 1.29 is 0 Å². The van der Waals surface area contributed by atoms with E-state index in [0.29, 0.717) is 0 Å². The summed E-state index contributed by atoms with van der Waals surface area (Å²) in [5.74, 6) is 0.723. The van der Waals surface area contributed by atoms with Gasteiger partial charge in [-0.25, -0.2) is 0 Å². The Morgan fingerprint density at radius 3 is 2.56 bits per heavy atom. The second-order valence-corrected chi connectivity index (χ2v) is 7.63. The second kappa shape index (κ2) is 5.41. The highest BCUT2D eigenvalue weighted by molar-refractivity contribution is 7.70. The van der Waals surface area contributed by atoms with Crippen LogP contribution in [0.4, 0.5) is 0 Å². The molecule has 1 aromatic carbocycles. The fraction of sp³-hybridized carbons (Fsp3) is 0.412. The zero-order chi connectivity index (χ0) is 13.3. The van der Waals surface area contributed by atoms with Gasteiger partial charge < -0.3 is 0 Å². The minimum Gasteiger partial charge on any atom is -0.0844 e. The molecule has 0 aromatic heterocycles. The summed E-state index contributed by atoms with van der Waals surface area (Å²) in [6.07, 6.45) is 3.55. The van der Waals surface area contributed by atoms with Crippen LogP contribution in [-0.2, 0) is 0 Å². The van der Waals surface area contributed by atoms with Gasteiger partial charge in [-0.15, -0.1) is 0 Å². The molecular weight excluding hydrogens is 235 g/mol. The van der Waals surface area contributed by atoms with E-state index in [4.69, 9.17) is 0 Å². The van der Waals surface area contributed by atoms with Crippen LogP contribution in [0.15, 0.2) is 46.8 Å². The first kappa shape index (κ1) is 13.6. The lowest BCUT2D eigenvalue weighted by molar-refractivity contribution is 0.899. The van der Waals surface area contributed by atoms with Crippen LogP contribution in [0.5, 0.6) is 0 Å². The van der Waals surface area contributed by atoms with Crippen LogP contribution >= 0.6 is 7.92 Å². The summed E-state index contributed by atoms with van der Waals surface area (Å²) in [4.78, 5) is 0. The Hall–Kier alpha value is -0.870. The van der Waals surface area contributed by atoms with Crippen LogP contribution in [0.3, 0.4) is 0 Å². The highest BCUT2D eigenvalue weighted by Crippen LogP contribution is 2.54. The van der Waals surface area contributed by atoms with E-state index in [1.165, 1.54) is 17.3 Å². The molecule has 0 amide bonds. The van der Waals surface area contributed by atoms with E-state index >= 15 is 0 Å². The summed E-state index contributed by atoms with van der Waals surface area (Å²) in [5.41, 5.74) is 4.49. The third kappa shape index (κ3) is 2.31. The molecule has 1 aliphatic heterocycles. The van der Waals surface area contributed by atoms with E-state index < -0.39 is 0 Å². The maximum absolute atomic E-state index is 2.37. The summed E-state index contributed by atoms with van der Waals surface area (Å²) in [6, 6.07) is 9.02. The maximum Gasteiger partial charge on any atom is -0.0139 e. The zero-order valence-electron chi connectivity index (χ0n) is 12.1. The van der Waals surface area contributed by atoms with E-state index in [1.807, 2.05) is 0 Å². The Labute approximate surface area is 113 Å². The van der Waals surface area contributed by atoms with Crippen LogP contribution in [0.25, 0.3) is 0 Å². The van der Waals surface area contributed by atoms with Gasteiger partial charge in [-0.2, -0.15) is 0 Å². The summed E-state index contributed by atoms with van der Waals surface area (Å²) in [5, 5.41) is 3.22. The molecule has 0 fully saturated rings. The fourth-order valence-corrected chi connectivity index (χ4v) is 5.67. The average molecular weight is 258 g/mol. The standard InChI is InChI=1S/C17H23P/c1-6-12(2)14(4)15(5)18-11-13(3)16-9-7-8-10-17(16)18/h6-10,13H,11H2,1-5H3/b12-6-,15-14+. The number of hydrogen-bond acceptors (Lipinski definition) is 0. The molecule has 0 aliphatic carbocycles. The van der Waals surface area contributed by atoms with Gasteiger partial charge >= 0.3 is 0 Å². The second-order valence-electron chi connectivity index (χ2n) is 5.25. The first-order valence-electron chi connectivity index (χ1n) is 6.73. The Balaban J connectivity index is 2.44. The Bertz CT molecular complexity index is 508. The zero-order valence-corrected chi connectivity index (χ0v) is 13.0. The molecular formula is C17H23P. The summed E-state index contributed by atoms with van der Waals surface area (Å²) < 4.78 is 0. The van der Waals surface area contributed by atoms with Crippen LogP contribution in [0.2, 0.25) is 0 Å². The number of benzene rings is 1. The molecule has 0 N–H and O–H groups in total. The summed E-state index contributed by atoms with van der Waals surface area (Å²) in [6.45, 7) is 11.3. The molecule has 1 heteroatoms. The third-order valence-electron chi connectivity index (χ3n) is 4.19. The largest absolute Gasteiger partial charge is 0.0844 e. The Kier molecular flexibility index (Phi) is 4.07. The van der Waals surface area contributed by atoms with Crippen molar-refractivity contribution in [2.75, 3.05) is 6.16 Å². The monoisotopic (exact) mass is 258 g/mol. The van der Waals surface area contributed by atoms with Crippen molar-refractivity contribution >= 4 is 13.2 Å². The molecule has 18 heavy (non-hydrogen) atoms. The van der Waals surface area contributed by atoms with E-state index in [-0.39, 0.29) is 7.92 Å². The van der Waals surface area contributed by atoms with Crippen molar-refractivity contribution in [1.82, 2.24) is 0 Å². The van der Waals surface area contributed by atoms with Crippen molar-refractivity contribution in [1.29, 1.82) is 0 Å². The number of rotatable bonds is 2. The quantitative estimate of drug-likeness (QED) is 0.507. The van der Waals surface area contributed by atoms with Crippen LogP contribution in [0.1, 0.15) is 46.1 Å². The molecule has 0 radical (unpaired) electrons. The molecule has 1 aromatic rings. The maximum atomic E-state index is 2.37. The van der Waals surface area contributed by atoms with Gasteiger partial charge in [-0.1, -0.05) is 42.8 Å². The van der Waals surface area contributed by atoms with Crippen LogP contribution in [0, 0.1) is 0 Å². The minimum absolute atomic E-state index is 0.100. The topological polar surface area (TPSA) is 0 Å². The lowest BCUT2D eigenvalue weighted by Crippen LogP contribution is -2.01. The highest BCUT2D eigenvalue weighted by atomic mass is 31.1. The Morgan fingerprint density at radius 1 is 1.22 bits per heavy atom. The van der Waals surface area contributed by atoms with E-state index in [0.717, 1.165) is 5.92 Å². The molecule has 0 saturated heterocycles. The van der Waals surface area contributed by atoms with E-state index in [2.05, 4.69) is 65.0 Å². The van der Waals surface area contributed by atoms with Gasteiger partial charge in [0, 0.05) is 0 Å². The molecule has 0 bridgehead atoms. The van der Waals surface area contributed by atoms with E-state index in [9.17, 15) is 0 Å². The predicted octanol–water partition coefficient (Wildman–Crippen LogP) is 5.17. The molecule has 2 atom stereocenters. The van der Waals surface area contributed by atoms with E-state index in [1.54, 1.807) is 16.2 Å². The molecule has 1 aliphatic rings. The third-order valence-corrected chi connectivity index (χ3v) is 7.23. The first-order valence-corrected chi connectivity index (χ1v) is 8.26. The number of hydrogen-bond donors (Lipinski definition) is 0. The first-order chi connectivity index (χ1) is 8.56. The smallest absolute Gasteiger partial charge is 0.0139 e. The van der Waals surface area contributed by atoms with Gasteiger partial charge in [0.2, 0.25) is 0 Å². The van der Waals surface area contributed by atoms with Crippen LogP contribution < -0.4 is 5.30 Å². The lowest BCUT2D eigenvalue weighted by atomic mass is 10.0. The summed E-state index contributed by atoms with van der Waals surface area (Å²) >= 11 is 0. The number of fused-ring (bicyclic) bond motifs is 1. The highest BCUT2D eigenvalue weighted by Gasteiger charge is 2.29. The Morgan fingerprint density at radius 2 is 1.89 bits per heavy atom. The van der Waals surface area contributed by atoms with Crippen LogP contribution in [-0.4, -0.2) is 6.16 Å². The molecule has 96 valence electrons. The minimum atomic E-state index is -0.100. The average Bonchev–Trinajstić information content (AvgIpc) is 2.74. The normalized spacial score (nSPS) is 24.8. The van der Waals surface area contributed by atoms with Gasteiger partial charge in [0.15, 0.2) is 0 Å². The van der Waals surface area contributed by atoms with Crippen molar-refractivity contribution in [3.63, 3.8) is 0 Å². The van der Waals surface area contributed by atoms with Gasteiger partial charge in [-0.3, -0.25) is 0 Å². The van der Waals surface area contributed by atoms with Crippen molar-refractivity contribution in [2.24, 2.45) is 0 Å². The predicted molar refractivity (Wildman–Crippen MR) is 84.1 cm³/mol. The fourth-order valence-electron chi connectivity index (χ4n) is 2.64. The molecule has 1 heterocycles. The van der Waals surface area contributed by atoms with Crippen molar-refractivity contribution in [3.05, 3.63) is 52.4 Å². The van der Waals surface area contributed by atoms with Gasteiger partial charge in [0.05, 0.1) is 0 Å². The molecule has 0 saturated carbocycles. The molecule has 0 spiro atoms. The van der Waals surface area contributed by atoms with Gasteiger partial charge in [0.1, 0.15) is 0 Å². The molecule has 0 nitrogen and oxygen atoms in total. The summed E-state index contributed by atoms with van der Waals surface area (Å²) in [7, 11) is -0.100. The SMILES string of the molecule is C/C=C(C)\C(C)=C(/C)P1CC(C)c2ccccc21.